The number of methoxy groups -OCH3 is 1. The van der Waals surface area contributed by atoms with E-state index in [9.17, 15) is 0 Å². The highest BCUT2D eigenvalue weighted by atomic mass is 79.9. The Bertz CT molecular complexity index is 641. The van der Waals surface area contributed by atoms with Gasteiger partial charge in [0.25, 0.3) is 0 Å². The fourth-order valence-corrected chi connectivity index (χ4v) is 2.79. The van der Waals surface area contributed by atoms with E-state index in [4.69, 9.17) is 10.5 Å². The molecule has 4 nitrogen and oxygen atoms in total. The molecule has 1 heterocycles. The predicted octanol–water partition coefficient (Wildman–Crippen LogP) is 3.74. The van der Waals surface area contributed by atoms with Crippen LogP contribution in [0.3, 0.4) is 0 Å². The number of halogens is 1. The van der Waals surface area contributed by atoms with Crippen LogP contribution in [0, 0.1) is 0 Å². The number of nitrogens with two attached hydrogens (primary N) is 1. The average molecular weight is 338 g/mol. The van der Waals surface area contributed by atoms with Crippen molar-refractivity contribution in [2.24, 2.45) is 7.05 Å². The summed E-state index contributed by atoms with van der Waals surface area (Å²) >= 11 is 3.48. The highest BCUT2D eigenvalue weighted by molar-refractivity contribution is 9.10. The number of benzene rings is 1. The second-order valence-electron chi connectivity index (χ2n) is 5.83. The van der Waals surface area contributed by atoms with Gasteiger partial charge in [-0.25, -0.2) is 4.98 Å². The minimum Gasteiger partial charge on any atom is -0.496 e. The molecule has 0 atom stereocenters. The van der Waals surface area contributed by atoms with Gasteiger partial charge in [0.15, 0.2) is 0 Å². The molecule has 0 fully saturated rings. The Hall–Kier alpha value is -1.49. The van der Waals surface area contributed by atoms with E-state index in [2.05, 4.69) is 53.8 Å². The minimum atomic E-state index is 0.0671. The van der Waals surface area contributed by atoms with Gasteiger partial charge in [-0.2, -0.15) is 0 Å². The van der Waals surface area contributed by atoms with Gasteiger partial charge in [0.1, 0.15) is 10.4 Å². The molecular formula is C15H20BrN3O. The maximum atomic E-state index is 5.88. The Morgan fingerprint density at radius 3 is 2.40 bits per heavy atom. The first-order valence-electron chi connectivity index (χ1n) is 6.42. The molecule has 2 rings (SSSR count). The standard InChI is InChI=1S/C15H20BrN3O/c1-15(2,3)9-6-7-11(20-5)10(8-9)12-13(16)18-14(17)19(12)4/h6-8H,1-5H3,(H2,17,18). The molecule has 0 aliphatic rings. The van der Waals surface area contributed by atoms with E-state index in [1.165, 1.54) is 5.56 Å². The molecule has 0 aliphatic heterocycles. The fraction of sp³-hybridized carbons (Fsp3) is 0.400. The van der Waals surface area contributed by atoms with Crippen LogP contribution in [0.25, 0.3) is 11.3 Å². The van der Waals surface area contributed by atoms with E-state index in [1.54, 1.807) is 7.11 Å². The van der Waals surface area contributed by atoms with Gasteiger partial charge in [-0.15, -0.1) is 0 Å². The lowest BCUT2D eigenvalue weighted by molar-refractivity contribution is 0.415. The summed E-state index contributed by atoms with van der Waals surface area (Å²) in [4.78, 5) is 4.26. The van der Waals surface area contributed by atoms with E-state index in [-0.39, 0.29) is 5.41 Å². The number of rotatable bonds is 2. The SMILES string of the molecule is COc1ccc(C(C)(C)C)cc1-c1c(Br)nc(N)n1C. The smallest absolute Gasteiger partial charge is 0.201 e. The van der Waals surface area contributed by atoms with Crippen LogP contribution in [0.2, 0.25) is 0 Å². The Morgan fingerprint density at radius 2 is 1.95 bits per heavy atom. The average Bonchev–Trinajstić information content (AvgIpc) is 2.61. The first-order valence-corrected chi connectivity index (χ1v) is 7.21. The van der Waals surface area contributed by atoms with Crippen LogP contribution < -0.4 is 10.5 Å². The van der Waals surface area contributed by atoms with E-state index in [0.29, 0.717) is 5.95 Å². The van der Waals surface area contributed by atoms with Crippen molar-refractivity contribution in [3.8, 4) is 17.0 Å². The number of aromatic nitrogens is 2. The molecule has 1 aromatic carbocycles. The Kier molecular flexibility index (Phi) is 3.82. The first-order chi connectivity index (χ1) is 9.25. The molecule has 2 N–H and O–H groups in total. The van der Waals surface area contributed by atoms with Crippen molar-refractivity contribution in [2.75, 3.05) is 12.8 Å². The molecule has 0 saturated carbocycles. The largest absolute Gasteiger partial charge is 0.496 e. The van der Waals surface area contributed by atoms with Crippen molar-refractivity contribution in [1.29, 1.82) is 0 Å². The second-order valence-corrected chi connectivity index (χ2v) is 6.58. The molecule has 0 spiro atoms. The third kappa shape index (κ3) is 2.54. The highest BCUT2D eigenvalue weighted by Crippen LogP contribution is 2.38. The molecule has 2 aromatic rings. The van der Waals surface area contributed by atoms with Gasteiger partial charge in [0, 0.05) is 12.6 Å². The van der Waals surface area contributed by atoms with Crippen LogP contribution in [0.15, 0.2) is 22.8 Å². The summed E-state index contributed by atoms with van der Waals surface area (Å²) < 4.78 is 8.06. The Balaban J connectivity index is 2.71. The molecule has 0 unspecified atom stereocenters. The first kappa shape index (κ1) is 14.9. The quantitative estimate of drug-likeness (QED) is 0.908. The van der Waals surface area contributed by atoms with Crippen LogP contribution in [-0.2, 0) is 12.5 Å². The van der Waals surface area contributed by atoms with Crippen LogP contribution in [0.4, 0.5) is 5.95 Å². The third-order valence-electron chi connectivity index (χ3n) is 3.41. The molecule has 0 bridgehead atoms. The van der Waals surface area contributed by atoms with Crippen LogP contribution in [-0.4, -0.2) is 16.7 Å². The predicted molar refractivity (Wildman–Crippen MR) is 86.0 cm³/mol. The number of ether oxygens (including phenoxy) is 1. The summed E-state index contributed by atoms with van der Waals surface area (Å²) in [5.74, 6) is 1.27. The molecule has 0 amide bonds. The lowest BCUT2D eigenvalue weighted by Gasteiger charge is -2.21. The summed E-state index contributed by atoms with van der Waals surface area (Å²) in [5.41, 5.74) is 9.08. The van der Waals surface area contributed by atoms with Gasteiger partial charge >= 0.3 is 0 Å². The van der Waals surface area contributed by atoms with Crippen molar-refractivity contribution in [2.45, 2.75) is 26.2 Å². The van der Waals surface area contributed by atoms with E-state index >= 15 is 0 Å². The van der Waals surface area contributed by atoms with Gasteiger partial charge < -0.3 is 15.0 Å². The third-order valence-corrected chi connectivity index (χ3v) is 3.96. The maximum Gasteiger partial charge on any atom is 0.201 e. The normalized spacial score (nSPS) is 11.7. The van der Waals surface area contributed by atoms with Gasteiger partial charge in [-0.05, 0) is 39.0 Å². The number of imidazole rings is 1. The Morgan fingerprint density at radius 1 is 1.30 bits per heavy atom. The van der Waals surface area contributed by atoms with Crippen molar-refractivity contribution >= 4 is 21.9 Å². The molecule has 0 aliphatic carbocycles. The number of hydrogen-bond donors (Lipinski definition) is 1. The highest BCUT2D eigenvalue weighted by Gasteiger charge is 2.20. The Labute approximate surface area is 128 Å². The molecule has 108 valence electrons. The lowest BCUT2D eigenvalue weighted by atomic mass is 9.85. The summed E-state index contributed by atoms with van der Waals surface area (Å²) in [6.07, 6.45) is 0. The monoisotopic (exact) mass is 337 g/mol. The molecule has 5 heteroatoms. The second kappa shape index (κ2) is 5.13. The zero-order valence-corrected chi connectivity index (χ0v) is 14.1. The van der Waals surface area contributed by atoms with Crippen molar-refractivity contribution in [3.05, 3.63) is 28.4 Å². The van der Waals surface area contributed by atoms with Gasteiger partial charge in [-0.3, -0.25) is 0 Å². The van der Waals surface area contributed by atoms with Crippen LogP contribution in [0.1, 0.15) is 26.3 Å². The van der Waals surface area contributed by atoms with Crippen molar-refractivity contribution in [1.82, 2.24) is 9.55 Å². The number of nitrogens with zero attached hydrogens (tertiary/aromatic N) is 2. The van der Waals surface area contributed by atoms with Gasteiger partial charge in [0.05, 0.1) is 12.8 Å². The summed E-state index contributed by atoms with van der Waals surface area (Å²) in [6.45, 7) is 6.56. The molecule has 0 saturated heterocycles. The van der Waals surface area contributed by atoms with Crippen molar-refractivity contribution in [3.63, 3.8) is 0 Å². The molecule has 0 radical (unpaired) electrons. The number of anilines is 1. The molecule has 20 heavy (non-hydrogen) atoms. The summed E-state index contributed by atoms with van der Waals surface area (Å²) in [6, 6.07) is 6.22. The van der Waals surface area contributed by atoms with Crippen LogP contribution in [0.5, 0.6) is 5.75 Å². The summed E-state index contributed by atoms with van der Waals surface area (Å²) in [7, 11) is 3.56. The summed E-state index contributed by atoms with van der Waals surface area (Å²) in [5, 5.41) is 0. The zero-order valence-electron chi connectivity index (χ0n) is 12.5. The maximum absolute atomic E-state index is 5.88. The minimum absolute atomic E-state index is 0.0671. The molecular weight excluding hydrogens is 318 g/mol. The number of nitrogen functional groups attached to an aromatic ring is 1. The molecule has 1 aromatic heterocycles. The number of hydrogen-bond acceptors (Lipinski definition) is 3. The van der Waals surface area contributed by atoms with Gasteiger partial charge in [0.2, 0.25) is 5.95 Å². The zero-order chi connectivity index (χ0) is 15.1. The van der Waals surface area contributed by atoms with Gasteiger partial charge in [-0.1, -0.05) is 26.8 Å². The van der Waals surface area contributed by atoms with E-state index < -0.39 is 0 Å². The van der Waals surface area contributed by atoms with Crippen LogP contribution >= 0.6 is 15.9 Å². The van der Waals surface area contributed by atoms with Crippen molar-refractivity contribution < 1.29 is 4.74 Å². The van der Waals surface area contributed by atoms with E-state index in [1.807, 2.05) is 17.7 Å². The van der Waals surface area contributed by atoms with E-state index in [0.717, 1.165) is 21.6 Å². The topological polar surface area (TPSA) is 53.1 Å². The fourth-order valence-electron chi connectivity index (χ4n) is 2.13. The lowest BCUT2D eigenvalue weighted by Crippen LogP contribution is -2.11.